The molecule has 4 heteroatoms. The summed E-state index contributed by atoms with van der Waals surface area (Å²) in [7, 11) is 4.21. The lowest BCUT2D eigenvalue weighted by Crippen LogP contribution is -2.51. The zero-order valence-corrected chi connectivity index (χ0v) is 13.6. The zero-order chi connectivity index (χ0) is 14.7. The van der Waals surface area contributed by atoms with Crippen LogP contribution in [0, 0.1) is 11.8 Å². The highest BCUT2D eigenvalue weighted by Gasteiger charge is 2.40. The van der Waals surface area contributed by atoms with E-state index in [1.165, 1.54) is 25.7 Å². The van der Waals surface area contributed by atoms with E-state index in [0.717, 1.165) is 13.0 Å². The second-order valence-corrected chi connectivity index (χ2v) is 7.22. The van der Waals surface area contributed by atoms with Gasteiger partial charge in [0.1, 0.15) is 0 Å². The highest BCUT2D eigenvalue weighted by atomic mass is 16.2. The van der Waals surface area contributed by atoms with Crippen LogP contribution in [0.2, 0.25) is 0 Å². The first-order chi connectivity index (χ1) is 9.49. The van der Waals surface area contributed by atoms with Crippen LogP contribution < -0.4 is 5.32 Å². The molecular weight excluding hydrogens is 250 g/mol. The maximum absolute atomic E-state index is 12.4. The highest BCUT2D eigenvalue weighted by Crippen LogP contribution is 2.32. The highest BCUT2D eigenvalue weighted by molar-refractivity contribution is 5.81. The molecule has 0 bridgehead atoms. The Balaban J connectivity index is 2.11. The van der Waals surface area contributed by atoms with Gasteiger partial charge in [-0.2, -0.15) is 0 Å². The topological polar surface area (TPSA) is 35.6 Å². The molecule has 1 aliphatic carbocycles. The molecule has 0 aromatic heterocycles. The van der Waals surface area contributed by atoms with Crippen molar-refractivity contribution in [2.45, 2.75) is 58.2 Å². The third-order valence-electron chi connectivity index (χ3n) is 4.61. The number of amides is 1. The lowest BCUT2D eigenvalue weighted by molar-refractivity contribution is -0.131. The Hall–Kier alpha value is -0.610. The quantitative estimate of drug-likeness (QED) is 0.808. The van der Waals surface area contributed by atoms with Crippen LogP contribution in [0.1, 0.15) is 46.0 Å². The van der Waals surface area contributed by atoms with Crippen LogP contribution in [0.4, 0.5) is 0 Å². The molecule has 2 aliphatic rings. The van der Waals surface area contributed by atoms with Crippen LogP contribution >= 0.6 is 0 Å². The average Bonchev–Trinajstić information content (AvgIpc) is 2.95. The molecule has 4 nitrogen and oxygen atoms in total. The van der Waals surface area contributed by atoms with E-state index in [4.69, 9.17) is 0 Å². The molecule has 1 saturated heterocycles. The van der Waals surface area contributed by atoms with Gasteiger partial charge in [-0.15, -0.1) is 0 Å². The van der Waals surface area contributed by atoms with E-state index in [1.54, 1.807) is 0 Å². The Bertz CT molecular complexity index is 314. The Kier molecular flexibility index (Phi) is 5.44. The minimum absolute atomic E-state index is 0.286. The summed E-state index contributed by atoms with van der Waals surface area (Å²) < 4.78 is 0. The SMILES string of the molecule is CC(C)CC(CN(C)C)N1C(=O)CNC1C1CCCC1. The molecular formula is C16H31N3O. The van der Waals surface area contributed by atoms with Crippen molar-refractivity contribution in [3.63, 3.8) is 0 Å². The van der Waals surface area contributed by atoms with Crippen molar-refractivity contribution in [1.82, 2.24) is 15.1 Å². The maximum atomic E-state index is 12.4. The van der Waals surface area contributed by atoms with Gasteiger partial charge in [0.05, 0.1) is 12.7 Å². The van der Waals surface area contributed by atoms with Crippen LogP contribution in [0.25, 0.3) is 0 Å². The number of nitrogens with one attached hydrogen (secondary N) is 1. The van der Waals surface area contributed by atoms with Crippen LogP contribution in [0.5, 0.6) is 0 Å². The lowest BCUT2D eigenvalue weighted by atomic mass is 9.98. The summed E-state index contributed by atoms with van der Waals surface area (Å²) in [5, 5.41) is 3.48. The van der Waals surface area contributed by atoms with Crippen molar-refractivity contribution >= 4 is 5.91 Å². The number of carbonyl (C=O) groups is 1. The van der Waals surface area contributed by atoms with E-state index < -0.39 is 0 Å². The fourth-order valence-corrected chi connectivity index (χ4v) is 3.88. The largest absolute Gasteiger partial charge is 0.321 e. The van der Waals surface area contributed by atoms with Gasteiger partial charge in [-0.1, -0.05) is 26.7 Å². The van der Waals surface area contributed by atoms with Gasteiger partial charge in [0, 0.05) is 12.6 Å². The van der Waals surface area contributed by atoms with E-state index in [9.17, 15) is 4.79 Å². The number of hydrogen-bond donors (Lipinski definition) is 1. The smallest absolute Gasteiger partial charge is 0.238 e. The third-order valence-corrected chi connectivity index (χ3v) is 4.61. The second-order valence-electron chi connectivity index (χ2n) is 7.22. The van der Waals surface area contributed by atoms with Crippen molar-refractivity contribution in [2.75, 3.05) is 27.2 Å². The van der Waals surface area contributed by atoms with Gasteiger partial charge < -0.3 is 9.80 Å². The van der Waals surface area contributed by atoms with Crippen molar-refractivity contribution in [3.05, 3.63) is 0 Å². The first-order valence-electron chi connectivity index (χ1n) is 8.18. The second kappa shape index (κ2) is 6.90. The molecule has 2 fully saturated rings. The van der Waals surface area contributed by atoms with Gasteiger partial charge in [-0.25, -0.2) is 0 Å². The number of hydrogen-bond acceptors (Lipinski definition) is 3. The van der Waals surface area contributed by atoms with Gasteiger partial charge in [0.25, 0.3) is 0 Å². The van der Waals surface area contributed by atoms with E-state index in [0.29, 0.717) is 30.3 Å². The van der Waals surface area contributed by atoms with Crippen LogP contribution in [0.15, 0.2) is 0 Å². The molecule has 1 aliphatic heterocycles. The standard InChI is InChI=1S/C16H31N3O/c1-12(2)9-14(11-18(3)4)19-15(20)10-17-16(19)13-7-5-6-8-13/h12-14,16-17H,5-11H2,1-4H3. The predicted octanol–water partition coefficient (Wildman–Crippen LogP) is 1.91. The molecule has 0 aromatic carbocycles. The Labute approximate surface area is 123 Å². The van der Waals surface area contributed by atoms with E-state index >= 15 is 0 Å². The van der Waals surface area contributed by atoms with Gasteiger partial charge >= 0.3 is 0 Å². The van der Waals surface area contributed by atoms with E-state index in [2.05, 4.69) is 43.1 Å². The van der Waals surface area contributed by atoms with Gasteiger partial charge in [-0.05, 0) is 45.2 Å². The molecule has 1 saturated carbocycles. The van der Waals surface area contributed by atoms with Gasteiger partial charge in [-0.3, -0.25) is 10.1 Å². The normalized spacial score (nSPS) is 26.2. The summed E-state index contributed by atoms with van der Waals surface area (Å²) in [4.78, 5) is 16.8. The Morgan fingerprint density at radius 3 is 2.50 bits per heavy atom. The molecule has 0 radical (unpaired) electrons. The molecule has 0 spiro atoms. The van der Waals surface area contributed by atoms with Crippen molar-refractivity contribution in [2.24, 2.45) is 11.8 Å². The van der Waals surface area contributed by atoms with Gasteiger partial charge in [0.2, 0.25) is 5.91 Å². The summed E-state index contributed by atoms with van der Waals surface area (Å²) in [6, 6.07) is 0.345. The molecule has 20 heavy (non-hydrogen) atoms. The molecule has 1 N–H and O–H groups in total. The fourth-order valence-electron chi connectivity index (χ4n) is 3.88. The van der Waals surface area contributed by atoms with Crippen molar-refractivity contribution < 1.29 is 4.79 Å². The first-order valence-corrected chi connectivity index (χ1v) is 8.18. The lowest BCUT2D eigenvalue weighted by Gasteiger charge is -2.38. The Morgan fingerprint density at radius 1 is 1.30 bits per heavy atom. The summed E-state index contributed by atoms with van der Waals surface area (Å²) >= 11 is 0. The minimum Gasteiger partial charge on any atom is -0.321 e. The number of rotatable bonds is 6. The Morgan fingerprint density at radius 2 is 1.95 bits per heavy atom. The molecule has 2 atom stereocenters. The number of likely N-dealkylation sites (N-methyl/N-ethyl adjacent to an activating group) is 1. The molecule has 1 amide bonds. The molecule has 2 rings (SSSR count). The van der Waals surface area contributed by atoms with Crippen molar-refractivity contribution in [1.29, 1.82) is 0 Å². The molecule has 116 valence electrons. The summed E-state index contributed by atoms with van der Waals surface area (Å²) in [5.41, 5.74) is 0. The van der Waals surface area contributed by atoms with Crippen LogP contribution in [0.3, 0.4) is 0 Å². The zero-order valence-electron chi connectivity index (χ0n) is 13.6. The summed E-state index contributed by atoms with van der Waals surface area (Å²) in [6.07, 6.45) is 6.58. The predicted molar refractivity (Wildman–Crippen MR) is 82.4 cm³/mol. The fraction of sp³-hybridized carbons (Fsp3) is 0.938. The van der Waals surface area contributed by atoms with Crippen molar-refractivity contribution in [3.8, 4) is 0 Å². The van der Waals surface area contributed by atoms with Gasteiger partial charge in [0.15, 0.2) is 0 Å². The summed E-state index contributed by atoms with van der Waals surface area (Å²) in [5.74, 6) is 1.59. The third kappa shape index (κ3) is 3.73. The number of carbonyl (C=O) groups excluding carboxylic acids is 1. The summed E-state index contributed by atoms with van der Waals surface area (Å²) in [6.45, 7) is 6.00. The average molecular weight is 281 g/mol. The monoisotopic (exact) mass is 281 g/mol. The molecule has 0 aromatic rings. The van der Waals surface area contributed by atoms with E-state index in [1.807, 2.05) is 0 Å². The van der Waals surface area contributed by atoms with Crippen LogP contribution in [-0.2, 0) is 4.79 Å². The minimum atomic E-state index is 0.286. The molecule has 2 unspecified atom stereocenters. The number of nitrogens with zero attached hydrogens (tertiary/aromatic N) is 2. The maximum Gasteiger partial charge on any atom is 0.238 e. The van der Waals surface area contributed by atoms with Crippen LogP contribution in [-0.4, -0.2) is 55.1 Å². The van der Waals surface area contributed by atoms with E-state index in [-0.39, 0.29) is 6.17 Å². The molecule has 1 heterocycles. The first kappa shape index (κ1) is 15.8.